The van der Waals surface area contributed by atoms with Gasteiger partial charge in [-0.3, -0.25) is 4.79 Å². The molecular weight excluding hydrogens is 333 g/mol. The fourth-order valence-electron chi connectivity index (χ4n) is 2.12. The van der Waals surface area contributed by atoms with E-state index in [0.29, 0.717) is 22.1 Å². The summed E-state index contributed by atoms with van der Waals surface area (Å²) in [6.07, 6.45) is 0. The summed E-state index contributed by atoms with van der Waals surface area (Å²) in [6, 6.07) is 11.5. The van der Waals surface area contributed by atoms with Gasteiger partial charge in [-0.25, -0.2) is 9.07 Å². The third-order valence-electron chi connectivity index (χ3n) is 3.38. The van der Waals surface area contributed by atoms with Crippen LogP contribution in [-0.2, 0) is 11.3 Å². The van der Waals surface area contributed by atoms with Gasteiger partial charge in [-0.1, -0.05) is 17.7 Å². The number of aromatic nitrogens is 4. The molecule has 0 radical (unpaired) electrons. The summed E-state index contributed by atoms with van der Waals surface area (Å²) in [6.45, 7) is 1.56. The highest BCUT2D eigenvalue weighted by atomic mass is 35.5. The van der Waals surface area contributed by atoms with Crippen molar-refractivity contribution >= 4 is 23.2 Å². The number of nitrogens with one attached hydrogen (secondary N) is 1. The minimum absolute atomic E-state index is 0.0968. The third-order valence-corrected chi connectivity index (χ3v) is 3.64. The predicted octanol–water partition coefficient (Wildman–Crippen LogP) is 3.08. The van der Waals surface area contributed by atoms with Crippen molar-refractivity contribution in [3.8, 4) is 11.4 Å². The topological polar surface area (TPSA) is 72.7 Å². The van der Waals surface area contributed by atoms with Gasteiger partial charge >= 0.3 is 0 Å². The zero-order chi connectivity index (χ0) is 17.1. The Kier molecular flexibility index (Phi) is 4.52. The molecule has 1 N–H and O–H groups in total. The average molecular weight is 346 g/mol. The molecule has 0 saturated carbocycles. The van der Waals surface area contributed by atoms with Crippen LogP contribution in [0.4, 0.5) is 10.1 Å². The van der Waals surface area contributed by atoms with Crippen LogP contribution in [-0.4, -0.2) is 26.1 Å². The van der Waals surface area contributed by atoms with Crippen LogP contribution in [0.25, 0.3) is 11.4 Å². The van der Waals surface area contributed by atoms with Crippen LogP contribution >= 0.6 is 11.6 Å². The summed E-state index contributed by atoms with van der Waals surface area (Å²) in [5.74, 6) is -0.297. The van der Waals surface area contributed by atoms with Crippen molar-refractivity contribution in [2.45, 2.75) is 13.5 Å². The molecule has 0 saturated heterocycles. The minimum atomic E-state index is -0.378. The van der Waals surface area contributed by atoms with E-state index in [1.165, 1.54) is 10.7 Å². The maximum Gasteiger partial charge on any atom is 0.246 e. The highest BCUT2D eigenvalue weighted by Crippen LogP contribution is 2.19. The number of benzene rings is 2. The molecule has 0 fully saturated rings. The molecule has 2 aromatic carbocycles. The Morgan fingerprint density at radius 2 is 2.00 bits per heavy atom. The SMILES string of the molecule is Cc1ccc(NC(=O)Cn2nnnc2-c2ccc(Cl)cc2)cc1F. The minimum Gasteiger partial charge on any atom is -0.324 e. The Bertz CT molecular complexity index is 878. The van der Waals surface area contributed by atoms with Crippen LogP contribution in [0.15, 0.2) is 42.5 Å². The summed E-state index contributed by atoms with van der Waals surface area (Å²) in [7, 11) is 0. The molecular formula is C16H13ClFN5O. The molecule has 24 heavy (non-hydrogen) atoms. The molecule has 3 rings (SSSR count). The average Bonchev–Trinajstić information content (AvgIpc) is 2.99. The van der Waals surface area contributed by atoms with Gasteiger partial charge in [0.15, 0.2) is 5.82 Å². The number of tetrazole rings is 1. The molecule has 0 unspecified atom stereocenters. The number of rotatable bonds is 4. The second-order valence-corrected chi connectivity index (χ2v) is 5.62. The van der Waals surface area contributed by atoms with Gasteiger partial charge in [0, 0.05) is 16.3 Å². The Hall–Kier alpha value is -2.80. The van der Waals surface area contributed by atoms with Crippen LogP contribution < -0.4 is 5.32 Å². The summed E-state index contributed by atoms with van der Waals surface area (Å²) in [4.78, 5) is 12.1. The Morgan fingerprint density at radius 1 is 1.25 bits per heavy atom. The van der Waals surface area contributed by atoms with Crippen LogP contribution in [0.1, 0.15) is 5.56 Å². The first-order valence-electron chi connectivity index (χ1n) is 7.11. The van der Waals surface area contributed by atoms with Crippen molar-refractivity contribution in [2.75, 3.05) is 5.32 Å². The van der Waals surface area contributed by atoms with Gasteiger partial charge < -0.3 is 5.32 Å². The van der Waals surface area contributed by atoms with Gasteiger partial charge in [0.05, 0.1) is 0 Å². The standard InChI is InChI=1S/C16H13ClFN5O/c1-10-2-7-13(8-14(10)18)19-15(24)9-23-16(20-21-22-23)11-3-5-12(17)6-4-11/h2-8H,9H2,1H3,(H,19,24). The normalized spacial score (nSPS) is 10.6. The molecule has 0 spiro atoms. The molecule has 8 heteroatoms. The van der Waals surface area contributed by atoms with Gasteiger partial charge in [-0.05, 0) is 59.3 Å². The summed E-state index contributed by atoms with van der Waals surface area (Å²) >= 11 is 5.86. The molecule has 0 atom stereocenters. The molecule has 6 nitrogen and oxygen atoms in total. The second kappa shape index (κ2) is 6.76. The largest absolute Gasteiger partial charge is 0.324 e. The fraction of sp³-hybridized carbons (Fsp3) is 0.125. The van der Waals surface area contributed by atoms with E-state index >= 15 is 0 Å². The van der Waals surface area contributed by atoms with Crippen LogP contribution in [0.2, 0.25) is 5.02 Å². The smallest absolute Gasteiger partial charge is 0.246 e. The summed E-state index contributed by atoms with van der Waals surface area (Å²) in [5, 5.41) is 14.5. The second-order valence-electron chi connectivity index (χ2n) is 5.18. The molecule has 122 valence electrons. The van der Waals surface area contributed by atoms with E-state index in [1.807, 2.05) is 0 Å². The van der Waals surface area contributed by atoms with E-state index in [0.717, 1.165) is 5.56 Å². The van der Waals surface area contributed by atoms with E-state index in [-0.39, 0.29) is 18.3 Å². The van der Waals surface area contributed by atoms with Gasteiger partial charge in [0.25, 0.3) is 0 Å². The molecule has 3 aromatic rings. The fourth-order valence-corrected chi connectivity index (χ4v) is 2.25. The van der Waals surface area contributed by atoms with Crippen molar-refractivity contribution in [3.05, 3.63) is 58.9 Å². The van der Waals surface area contributed by atoms with Crippen molar-refractivity contribution < 1.29 is 9.18 Å². The number of carbonyl (C=O) groups excluding carboxylic acids is 1. The maximum absolute atomic E-state index is 13.5. The van der Waals surface area contributed by atoms with E-state index in [1.54, 1.807) is 43.3 Å². The Labute approximate surface area is 142 Å². The molecule has 1 amide bonds. The number of halogens is 2. The first-order valence-corrected chi connectivity index (χ1v) is 7.49. The number of aryl methyl sites for hydroxylation is 1. The number of hydrogen-bond donors (Lipinski definition) is 1. The summed E-state index contributed by atoms with van der Waals surface area (Å²) < 4.78 is 14.9. The van der Waals surface area contributed by atoms with E-state index in [2.05, 4.69) is 20.8 Å². The van der Waals surface area contributed by atoms with Gasteiger partial charge in [-0.2, -0.15) is 0 Å². The van der Waals surface area contributed by atoms with E-state index < -0.39 is 0 Å². The van der Waals surface area contributed by atoms with Crippen LogP contribution in [0.5, 0.6) is 0 Å². The molecule has 0 bridgehead atoms. The first kappa shape index (κ1) is 16.1. The maximum atomic E-state index is 13.5. The zero-order valence-corrected chi connectivity index (χ0v) is 13.5. The van der Waals surface area contributed by atoms with Crippen molar-refractivity contribution in [1.29, 1.82) is 0 Å². The predicted molar refractivity (Wildman–Crippen MR) is 88.0 cm³/mol. The molecule has 0 aliphatic carbocycles. The van der Waals surface area contributed by atoms with Gasteiger partial charge in [0.1, 0.15) is 12.4 Å². The highest BCUT2D eigenvalue weighted by molar-refractivity contribution is 6.30. The highest BCUT2D eigenvalue weighted by Gasteiger charge is 2.13. The molecule has 0 aliphatic heterocycles. The first-order chi connectivity index (χ1) is 11.5. The quantitative estimate of drug-likeness (QED) is 0.788. The lowest BCUT2D eigenvalue weighted by molar-refractivity contribution is -0.116. The number of nitrogens with zero attached hydrogens (tertiary/aromatic N) is 4. The zero-order valence-electron chi connectivity index (χ0n) is 12.7. The van der Waals surface area contributed by atoms with E-state index in [4.69, 9.17) is 11.6 Å². The lowest BCUT2D eigenvalue weighted by Crippen LogP contribution is -2.20. The molecule has 0 aliphatic rings. The summed E-state index contributed by atoms with van der Waals surface area (Å²) in [5.41, 5.74) is 1.63. The van der Waals surface area contributed by atoms with Crippen molar-refractivity contribution in [3.63, 3.8) is 0 Å². The van der Waals surface area contributed by atoms with Crippen molar-refractivity contribution in [2.24, 2.45) is 0 Å². The lowest BCUT2D eigenvalue weighted by Gasteiger charge is -2.07. The van der Waals surface area contributed by atoms with Crippen LogP contribution in [0, 0.1) is 12.7 Å². The van der Waals surface area contributed by atoms with Crippen molar-refractivity contribution in [1.82, 2.24) is 20.2 Å². The van der Waals surface area contributed by atoms with Gasteiger partial charge in [0.2, 0.25) is 5.91 Å². The van der Waals surface area contributed by atoms with Gasteiger partial charge in [-0.15, -0.1) is 5.10 Å². The number of hydrogen-bond acceptors (Lipinski definition) is 4. The third kappa shape index (κ3) is 3.57. The number of amides is 1. The Balaban J connectivity index is 1.74. The Morgan fingerprint density at radius 3 is 2.71 bits per heavy atom. The number of carbonyl (C=O) groups is 1. The van der Waals surface area contributed by atoms with E-state index in [9.17, 15) is 9.18 Å². The lowest BCUT2D eigenvalue weighted by atomic mass is 10.2. The number of anilines is 1. The monoisotopic (exact) mass is 345 g/mol. The molecule has 1 heterocycles. The van der Waals surface area contributed by atoms with Crippen LogP contribution in [0.3, 0.4) is 0 Å². The molecule has 1 aromatic heterocycles.